The zero-order chi connectivity index (χ0) is 17.9. The Hall–Kier alpha value is -3.28. The van der Waals surface area contributed by atoms with E-state index in [2.05, 4.69) is 16.0 Å². The van der Waals surface area contributed by atoms with E-state index < -0.39 is 5.97 Å². The Kier molecular flexibility index (Phi) is 4.31. The Morgan fingerprint density at radius 2 is 1.77 bits per heavy atom. The highest BCUT2D eigenvalue weighted by molar-refractivity contribution is 5.94. The molecule has 1 aliphatic rings. The number of ether oxygens (including phenoxy) is 1. The van der Waals surface area contributed by atoms with Crippen molar-refractivity contribution in [3.05, 3.63) is 71.5 Å². The van der Waals surface area contributed by atoms with E-state index in [1.165, 1.54) is 5.56 Å². The molecule has 6 heteroatoms. The van der Waals surface area contributed by atoms with Crippen molar-refractivity contribution in [3.8, 4) is 0 Å². The van der Waals surface area contributed by atoms with Gasteiger partial charge in [-0.2, -0.15) is 0 Å². The summed E-state index contributed by atoms with van der Waals surface area (Å²) < 4.78 is 5.20. The van der Waals surface area contributed by atoms with Crippen LogP contribution in [0.15, 0.2) is 54.9 Å². The van der Waals surface area contributed by atoms with Crippen molar-refractivity contribution in [3.63, 3.8) is 0 Å². The van der Waals surface area contributed by atoms with Gasteiger partial charge < -0.3 is 9.64 Å². The van der Waals surface area contributed by atoms with Crippen LogP contribution in [0.2, 0.25) is 0 Å². The van der Waals surface area contributed by atoms with Crippen LogP contribution in [0.25, 0.3) is 11.0 Å². The van der Waals surface area contributed by atoms with Crippen LogP contribution in [0.4, 0.5) is 0 Å². The zero-order valence-electron chi connectivity index (χ0n) is 14.1. The predicted molar refractivity (Wildman–Crippen MR) is 95.4 cm³/mol. The van der Waals surface area contributed by atoms with Crippen molar-refractivity contribution in [1.29, 1.82) is 0 Å². The molecule has 0 N–H and O–H groups in total. The molecule has 0 bridgehead atoms. The van der Waals surface area contributed by atoms with Crippen molar-refractivity contribution < 1.29 is 14.3 Å². The van der Waals surface area contributed by atoms with Gasteiger partial charge in [-0.3, -0.25) is 14.8 Å². The van der Waals surface area contributed by atoms with Crippen LogP contribution in [0, 0.1) is 0 Å². The predicted octanol–water partition coefficient (Wildman–Crippen LogP) is 2.37. The van der Waals surface area contributed by atoms with Gasteiger partial charge in [-0.25, -0.2) is 4.79 Å². The summed E-state index contributed by atoms with van der Waals surface area (Å²) in [6, 6.07) is 13.0. The summed E-state index contributed by atoms with van der Waals surface area (Å²) in [6.45, 7) is 0.927. The van der Waals surface area contributed by atoms with Crippen LogP contribution in [0.5, 0.6) is 0 Å². The van der Waals surface area contributed by atoms with E-state index in [-0.39, 0.29) is 12.5 Å². The highest BCUT2D eigenvalue weighted by Crippen LogP contribution is 2.18. The fourth-order valence-electron chi connectivity index (χ4n) is 3.10. The van der Waals surface area contributed by atoms with Gasteiger partial charge in [0.25, 0.3) is 5.91 Å². The molecule has 130 valence electrons. The van der Waals surface area contributed by atoms with Crippen LogP contribution < -0.4 is 0 Å². The standard InChI is InChI=1S/C20H17N3O3/c24-19(23-10-7-14-3-1-2-4-16(14)12-23)13-26-20(25)15-5-6-17-18(11-15)22-9-8-21-17/h1-6,8-9,11H,7,10,12-13H2. The molecular formula is C20H17N3O3. The zero-order valence-corrected chi connectivity index (χ0v) is 14.1. The molecule has 0 aliphatic carbocycles. The fraction of sp³-hybridized carbons (Fsp3) is 0.200. The monoisotopic (exact) mass is 347 g/mol. The smallest absolute Gasteiger partial charge is 0.338 e. The molecule has 0 fully saturated rings. The molecule has 0 radical (unpaired) electrons. The van der Waals surface area contributed by atoms with Crippen LogP contribution >= 0.6 is 0 Å². The molecule has 4 rings (SSSR count). The highest BCUT2D eigenvalue weighted by Gasteiger charge is 2.21. The van der Waals surface area contributed by atoms with E-state index in [0.29, 0.717) is 29.7 Å². The van der Waals surface area contributed by atoms with E-state index in [1.807, 2.05) is 18.2 Å². The van der Waals surface area contributed by atoms with Crippen molar-refractivity contribution in [2.75, 3.05) is 13.2 Å². The van der Waals surface area contributed by atoms with Crippen LogP contribution in [0.1, 0.15) is 21.5 Å². The third-order valence-corrected chi connectivity index (χ3v) is 4.52. The van der Waals surface area contributed by atoms with Gasteiger partial charge in [0.1, 0.15) is 0 Å². The molecule has 26 heavy (non-hydrogen) atoms. The summed E-state index contributed by atoms with van der Waals surface area (Å²) in [5, 5.41) is 0. The summed E-state index contributed by atoms with van der Waals surface area (Å²) >= 11 is 0. The summed E-state index contributed by atoms with van der Waals surface area (Å²) in [7, 11) is 0. The first-order valence-corrected chi connectivity index (χ1v) is 8.43. The first-order valence-electron chi connectivity index (χ1n) is 8.43. The maximum absolute atomic E-state index is 12.4. The number of hydrogen-bond acceptors (Lipinski definition) is 5. The van der Waals surface area contributed by atoms with Gasteiger partial charge in [0.05, 0.1) is 16.6 Å². The van der Waals surface area contributed by atoms with Crippen molar-refractivity contribution in [1.82, 2.24) is 14.9 Å². The first-order chi connectivity index (χ1) is 12.7. The quantitative estimate of drug-likeness (QED) is 0.680. The van der Waals surface area contributed by atoms with Crippen molar-refractivity contribution in [2.24, 2.45) is 0 Å². The molecule has 0 saturated carbocycles. The molecule has 1 aliphatic heterocycles. The molecule has 0 unspecified atom stereocenters. The van der Waals surface area contributed by atoms with E-state index in [9.17, 15) is 9.59 Å². The summed E-state index contributed by atoms with van der Waals surface area (Å²) in [4.78, 5) is 34.7. The van der Waals surface area contributed by atoms with Gasteiger partial charge >= 0.3 is 5.97 Å². The lowest BCUT2D eigenvalue weighted by atomic mass is 10.00. The SMILES string of the molecule is O=C(OCC(=O)N1CCc2ccccc2C1)c1ccc2nccnc2c1. The molecule has 2 aromatic carbocycles. The number of carbonyl (C=O) groups excluding carboxylic acids is 2. The third-order valence-electron chi connectivity index (χ3n) is 4.52. The second kappa shape index (κ2) is 6.92. The molecule has 6 nitrogen and oxygen atoms in total. The van der Waals surface area contributed by atoms with E-state index in [1.54, 1.807) is 35.5 Å². The average molecular weight is 347 g/mol. The number of amides is 1. The molecule has 1 amide bonds. The average Bonchev–Trinajstić information content (AvgIpc) is 2.71. The molecule has 0 spiro atoms. The Bertz CT molecular complexity index is 987. The van der Waals surface area contributed by atoms with Gasteiger partial charge in [-0.1, -0.05) is 24.3 Å². The maximum Gasteiger partial charge on any atom is 0.338 e. The Morgan fingerprint density at radius 3 is 2.62 bits per heavy atom. The molecule has 1 aromatic heterocycles. The second-order valence-electron chi connectivity index (χ2n) is 6.17. The van der Waals surface area contributed by atoms with Gasteiger partial charge in [0.2, 0.25) is 0 Å². The number of rotatable bonds is 3. The summed E-state index contributed by atoms with van der Waals surface area (Å²) in [5.41, 5.74) is 4.08. The van der Waals surface area contributed by atoms with Gasteiger partial charge in [-0.15, -0.1) is 0 Å². The Balaban J connectivity index is 1.38. The fourth-order valence-corrected chi connectivity index (χ4v) is 3.10. The normalized spacial score (nSPS) is 13.3. The molecule has 0 atom stereocenters. The lowest BCUT2D eigenvalue weighted by molar-refractivity contribution is -0.135. The van der Waals surface area contributed by atoms with Gasteiger partial charge in [-0.05, 0) is 35.7 Å². The summed E-state index contributed by atoms with van der Waals surface area (Å²) in [5.74, 6) is -0.725. The van der Waals surface area contributed by atoms with E-state index in [4.69, 9.17) is 4.74 Å². The van der Waals surface area contributed by atoms with E-state index in [0.717, 1.165) is 12.0 Å². The van der Waals surface area contributed by atoms with Crippen LogP contribution in [-0.2, 0) is 22.5 Å². The first kappa shape index (κ1) is 16.2. The Labute approximate surface area is 150 Å². The number of carbonyl (C=O) groups is 2. The largest absolute Gasteiger partial charge is 0.452 e. The lowest BCUT2D eigenvalue weighted by Gasteiger charge is -2.28. The number of fused-ring (bicyclic) bond motifs is 2. The van der Waals surface area contributed by atoms with Crippen molar-refractivity contribution in [2.45, 2.75) is 13.0 Å². The lowest BCUT2D eigenvalue weighted by Crippen LogP contribution is -2.38. The topological polar surface area (TPSA) is 72.4 Å². The van der Waals surface area contributed by atoms with E-state index >= 15 is 0 Å². The van der Waals surface area contributed by atoms with Gasteiger partial charge in [0, 0.05) is 25.5 Å². The van der Waals surface area contributed by atoms with Crippen LogP contribution in [0.3, 0.4) is 0 Å². The number of benzene rings is 2. The third kappa shape index (κ3) is 3.26. The second-order valence-corrected chi connectivity index (χ2v) is 6.17. The molecule has 3 aromatic rings. The minimum atomic E-state index is -0.539. The number of nitrogens with zero attached hydrogens (tertiary/aromatic N) is 3. The molecular weight excluding hydrogens is 330 g/mol. The number of aromatic nitrogens is 2. The van der Waals surface area contributed by atoms with Crippen molar-refractivity contribution >= 4 is 22.9 Å². The van der Waals surface area contributed by atoms with Crippen LogP contribution in [-0.4, -0.2) is 39.9 Å². The minimum absolute atomic E-state index is 0.187. The number of hydrogen-bond donors (Lipinski definition) is 0. The highest BCUT2D eigenvalue weighted by atomic mass is 16.5. The minimum Gasteiger partial charge on any atom is -0.452 e. The number of esters is 1. The summed E-state index contributed by atoms with van der Waals surface area (Å²) in [6.07, 6.45) is 3.98. The van der Waals surface area contributed by atoms with Gasteiger partial charge in [0.15, 0.2) is 6.61 Å². The maximum atomic E-state index is 12.4. The Morgan fingerprint density at radius 1 is 1.00 bits per heavy atom. The molecule has 0 saturated heterocycles. The molecule has 2 heterocycles.